The third kappa shape index (κ3) is 2.49. The topological polar surface area (TPSA) is 92.4 Å². The van der Waals surface area contributed by atoms with Gasteiger partial charge in [-0.15, -0.1) is 0 Å². The molecular formula is C11H8N2O4. The molecule has 0 aliphatic rings. The van der Waals surface area contributed by atoms with Gasteiger partial charge in [-0.1, -0.05) is 0 Å². The highest BCUT2D eigenvalue weighted by Crippen LogP contribution is 2.11. The van der Waals surface area contributed by atoms with Gasteiger partial charge in [0, 0.05) is 5.69 Å². The van der Waals surface area contributed by atoms with Crippen molar-refractivity contribution < 1.29 is 19.1 Å². The molecule has 0 bridgehead atoms. The molecule has 1 aromatic carbocycles. The third-order valence-corrected chi connectivity index (χ3v) is 2.05. The van der Waals surface area contributed by atoms with E-state index in [-0.39, 0.29) is 11.3 Å². The molecule has 1 aromatic heterocycles. The molecule has 0 saturated carbocycles. The van der Waals surface area contributed by atoms with E-state index in [2.05, 4.69) is 10.3 Å². The maximum atomic E-state index is 11.5. The molecule has 0 fully saturated rings. The van der Waals surface area contributed by atoms with Crippen LogP contribution in [0.1, 0.15) is 20.9 Å². The SMILES string of the molecule is O=C(O)c1ccc(NC(=O)c2cnco2)cc1. The van der Waals surface area contributed by atoms with Crippen molar-refractivity contribution in [3.8, 4) is 0 Å². The van der Waals surface area contributed by atoms with Gasteiger partial charge in [0.1, 0.15) is 0 Å². The average Bonchev–Trinajstić information content (AvgIpc) is 2.83. The van der Waals surface area contributed by atoms with Crippen LogP contribution in [0.25, 0.3) is 0 Å². The Labute approximate surface area is 95.9 Å². The van der Waals surface area contributed by atoms with Crippen LogP contribution in [-0.4, -0.2) is 22.0 Å². The van der Waals surface area contributed by atoms with Gasteiger partial charge in [0.05, 0.1) is 11.8 Å². The van der Waals surface area contributed by atoms with Crippen LogP contribution in [0.3, 0.4) is 0 Å². The summed E-state index contributed by atoms with van der Waals surface area (Å²) in [6.07, 6.45) is 2.45. The van der Waals surface area contributed by atoms with Crippen LogP contribution < -0.4 is 5.32 Å². The summed E-state index contributed by atoms with van der Waals surface area (Å²) in [4.78, 5) is 25.8. The first-order chi connectivity index (χ1) is 8.16. The number of aromatic nitrogens is 1. The number of oxazole rings is 1. The summed E-state index contributed by atoms with van der Waals surface area (Å²) >= 11 is 0. The molecule has 2 N–H and O–H groups in total. The number of carbonyl (C=O) groups excluding carboxylic acids is 1. The van der Waals surface area contributed by atoms with E-state index < -0.39 is 11.9 Å². The number of anilines is 1. The van der Waals surface area contributed by atoms with Gasteiger partial charge in [-0.3, -0.25) is 4.79 Å². The molecule has 6 heteroatoms. The Morgan fingerprint density at radius 3 is 2.47 bits per heavy atom. The second-order valence-electron chi connectivity index (χ2n) is 3.20. The van der Waals surface area contributed by atoms with Crippen LogP contribution in [0, 0.1) is 0 Å². The molecule has 0 atom stereocenters. The van der Waals surface area contributed by atoms with Crippen molar-refractivity contribution in [2.75, 3.05) is 5.32 Å². The van der Waals surface area contributed by atoms with Crippen molar-refractivity contribution in [3.05, 3.63) is 48.2 Å². The van der Waals surface area contributed by atoms with Gasteiger partial charge >= 0.3 is 5.97 Å². The summed E-state index contributed by atoms with van der Waals surface area (Å²) in [7, 11) is 0. The number of carbonyl (C=O) groups is 2. The van der Waals surface area contributed by atoms with Crippen molar-refractivity contribution in [1.29, 1.82) is 0 Å². The molecule has 0 aliphatic heterocycles. The van der Waals surface area contributed by atoms with Gasteiger partial charge in [0.25, 0.3) is 5.91 Å². The Hall–Kier alpha value is -2.63. The van der Waals surface area contributed by atoms with Crippen molar-refractivity contribution >= 4 is 17.6 Å². The number of nitrogens with one attached hydrogen (secondary N) is 1. The molecule has 86 valence electrons. The Kier molecular flexibility index (Phi) is 2.87. The minimum Gasteiger partial charge on any atom is -0.478 e. The third-order valence-electron chi connectivity index (χ3n) is 2.05. The number of hydrogen-bond donors (Lipinski definition) is 2. The Balaban J connectivity index is 2.09. The normalized spacial score (nSPS) is 9.88. The molecule has 0 saturated heterocycles. The molecule has 17 heavy (non-hydrogen) atoms. The van der Waals surface area contributed by atoms with Crippen LogP contribution >= 0.6 is 0 Å². The largest absolute Gasteiger partial charge is 0.478 e. The monoisotopic (exact) mass is 232 g/mol. The summed E-state index contributed by atoms with van der Waals surface area (Å²) < 4.78 is 4.81. The summed E-state index contributed by atoms with van der Waals surface area (Å²) in [5.41, 5.74) is 0.638. The van der Waals surface area contributed by atoms with E-state index >= 15 is 0 Å². The average molecular weight is 232 g/mol. The lowest BCUT2D eigenvalue weighted by atomic mass is 10.2. The molecule has 2 aromatic rings. The van der Waals surface area contributed by atoms with E-state index in [1.54, 1.807) is 0 Å². The van der Waals surface area contributed by atoms with E-state index in [9.17, 15) is 9.59 Å². The number of aromatic carboxylic acids is 1. The fraction of sp³-hybridized carbons (Fsp3) is 0. The standard InChI is InChI=1S/C11H8N2O4/c14-10(9-5-12-6-17-9)13-8-3-1-7(2-4-8)11(15)16/h1-6H,(H,13,14)(H,15,16). The Bertz CT molecular complexity index is 531. The van der Waals surface area contributed by atoms with Crippen LogP contribution in [0.15, 0.2) is 41.3 Å². The van der Waals surface area contributed by atoms with Crippen LogP contribution in [0.2, 0.25) is 0 Å². The van der Waals surface area contributed by atoms with Crippen LogP contribution in [0.5, 0.6) is 0 Å². The van der Waals surface area contributed by atoms with Crippen molar-refractivity contribution in [2.24, 2.45) is 0 Å². The molecule has 1 amide bonds. The van der Waals surface area contributed by atoms with E-state index in [1.807, 2.05) is 0 Å². The first-order valence-corrected chi connectivity index (χ1v) is 4.70. The fourth-order valence-electron chi connectivity index (χ4n) is 1.22. The molecule has 6 nitrogen and oxygen atoms in total. The number of amides is 1. The zero-order valence-electron chi connectivity index (χ0n) is 8.58. The first-order valence-electron chi connectivity index (χ1n) is 4.70. The summed E-state index contributed by atoms with van der Waals surface area (Å²) in [6, 6.07) is 5.80. The number of benzene rings is 1. The second kappa shape index (κ2) is 4.48. The van der Waals surface area contributed by atoms with Gasteiger partial charge in [-0.05, 0) is 24.3 Å². The zero-order chi connectivity index (χ0) is 12.3. The van der Waals surface area contributed by atoms with Gasteiger partial charge in [0.2, 0.25) is 5.76 Å². The minimum atomic E-state index is -1.02. The number of hydrogen-bond acceptors (Lipinski definition) is 4. The van der Waals surface area contributed by atoms with Gasteiger partial charge in [0.15, 0.2) is 6.39 Å². The summed E-state index contributed by atoms with van der Waals surface area (Å²) in [6.45, 7) is 0. The first kappa shape index (κ1) is 10.9. The molecule has 0 aliphatic carbocycles. The van der Waals surface area contributed by atoms with Crippen molar-refractivity contribution in [2.45, 2.75) is 0 Å². The zero-order valence-corrected chi connectivity index (χ0v) is 8.58. The number of rotatable bonds is 3. The molecule has 0 radical (unpaired) electrons. The van der Waals surface area contributed by atoms with Crippen molar-refractivity contribution in [1.82, 2.24) is 4.98 Å². The summed E-state index contributed by atoms with van der Waals surface area (Å²) in [5, 5.41) is 11.2. The maximum Gasteiger partial charge on any atom is 0.335 e. The highest BCUT2D eigenvalue weighted by molar-refractivity contribution is 6.02. The predicted molar refractivity (Wildman–Crippen MR) is 57.9 cm³/mol. The van der Waals surface area contributed by atoms with Crippen LogP contribution in [-0.2, 0) is 0 Å². The van der Waals surface area contributed by atoms with Gasteiger partial charge < -0.3 is 14.8 Å². The molecular weight excluding hydrogens is 224 g/mol. The number of nitrogens with zero attached hydrogens (tertiary/aromatic N) is 1. The van der Waals surface area contributed by atoms with Crippen LogP contribution in [0.4, 0.5) is 5.69 Å². The molecule has 2 rings (SSSR count). The second-order valence-corrected chi connectivity index (χ2v) is 3.20. The molecule has 0 spiro atoms. The highest BCUT2D eigenvalue weighted by Gasteiger charge is 2.09. The summed E-state index contributed by atoms with van der Waals surface area (Å²) in [5.74, 6) is -1.36. The van der Waals surface area contributed by atoms with Crippen molar-refractivity contribution in [3.63, 3.8) is 0 Å². The van der Waals surface area contributed by atoms with E-state index in [4.69, 9.17) is 9.52 Å². The number of carboxylic acid groups (broad SMARTS) is 1. The Morgan fingerprint density at radius 1 is 1.24 bits per heavy atom. The number of carboxylic acids is 1. The minimum absolute atomic E-state index is 0.0901. The lowest BCUT2D eigenvalue weighted by Crippen LogP contribution is -2.11. The quantitative estimate of drug-likeness (QED) is 0.838. The highest BCUT2D eigenvalue weighted by atomic mass is 16.4. The maximum absolute atomic E-state index is 11.5. The van der Waals surface area contributed by atoms with Gasteiger partial charge in [-0.25, -0.2) is 9.78 Å². The van der Waals surface area contributed by atoms with Gasteiger partial charge in [-0.2, -0.15) is 0 Å². The predicted octanol–water partition coefficient (Wildman–Crippen LogP) is 1.63. The molecule has 0 unspecified atom stereocenters. The van der Waals surface area contributed by atoms with E-state index in [0.29, 0.717) is 5.69 Å². The fourth-order valence-corrected chi connectivity index (χ4v) is 1.22. The van der Waals surface area contributed by atoms with E-state index in [0.717, 1.165) is 6.39 Å². The lowest BCUT2D eigenvalue weighted by Gasteiger charge is -2.02. The lowest BCUT2D eigenvalue weighted by molar-refractivity contribution is 0.0696. The Morgan fingerprint density at radius 2 is 1.94 bits per heavy atom. The molecule has 1 heterocycles. The smallest absolute Gasteiger partial charge is 0.335 e. The van der Waals surface area contributed by atoms with E-state index in [1.165, 1.54) is 30.5 Å².